The van der Waals surface area contributed by atoms with Gasteiger partial charge < -0.3 is 26.6 Å². The molecule has 0 spiro atoms. The van der Waals surface area contributed by atoms with E-state index in [4.69, 9.17) is 4.74 Å². The summed E-state index contributed by atoms with van der Waals surface area (Å²) >= 11 is 0. The number of esters is 1. The summed E-state index contributed by atoms with van der Waals surface area (Å²) in [5.41, 5.74) is 5.33. The first kappa shape index (κ1) is 28.6. The first-order chi connectivity index (χ1) is 13.7. The number of carbonyl (C=O) groups is 1. The highest BCUT2D eigenvalue weighted by atomic mass is 79.9. The van der Waals surface area contributed by atoms with Crippen LogP contribution in [0.2, 0.25) is 0 Å². The summed E-state index contributed by atoms with van der Waals surface area (Å²) in [6, 6.07) is 0. The minimum Gasteiger partial charge on any atom is -1.00 e. The Morgan fingerprint density at radius 2 is 1.80 bits per heavy atom. The summed E-state index contributed by atoms with van der Waals surface area (Å²) in [6.45, 7) is 18.3. The first-order valence-corrected chi connectivity index (χ1v) is 11.0. The molecule has 0 fully saturated rings. The zero-order valence-electron chi connectivity index (χ0n) is 20.1. The number of rotatable bonds is 10. The molecule has 3 nitrogen and oxygen atoms in total. The van der Waals surface area contributed by atoms with Gasteiger partial charge in [0, 0.05) is 12.6 Å². The van der Waals surface area contributed by atoms with Crippen molar-refractivity contribution < 1.29 is 26.5 Å². The summed E-state index contributed by atoms with van der Waals surface area (Å²) in [5.74, 6) is -0.276. The lowest BCUT2D eigenvalue weighted by molar-refractivity contribution is -0.138. The van der Waals surface area contributed by atoms with Crippen LogP contribution in [0.15, 0.2) is 58.7 Å². The fraction of sp³-hybridized carbons (Fsp3) is 0.577. The van der Waals surface area contributed by atoms with Crippen molar-refractivity contribution in [3.63, 3.8) is 0 Å². The maximum Gasteiger partial charge on any atom is 0.331 e. The topological polar surface area (TPSA) is 29.5 Å². The van der Waals surface area contributed by atoms with Gasteiger partial charge in [0.25, 0.3) is 0 Å². The highest BCUT2D eigenvalue weighted by Gasteiger charge is 2.26. The van der Waals surface area contributed by atoms with Gasteiger partial charge in [-0.2, -0.15) is 0 Å². The Hall–Kier alpha value is -1.39. The Labute approximate surface area is 195 Å². The lowest BCUT2D eigenvalue weighted by Crippen LogP contribution is -3.00. The fourth-order valence-corrected chi connectivity index (χ4v) is 3.72. The van der Waals surface area contributed by atoms with Crippen LogP contribution >= 0.6 is 0 Å². The highest BCUT2D eigenvalue weighted by Crippen LogP contribution is 2.40. The van der Waals surface area contributed by atoms with Crippen LogP contribution in [0.3, 0.4) is 0 Å². The van der Waals surface area contributed by atoms with Gasteiger partial charge in [0.05, 0.1) is 0 Å². The Balaban J connectivity index is 0.00000841. The van der Waals surface area contributed by atoms with Crippen LogP contribution < -0.4 is 17.0 Å². The van der Waals surface area contributed by atoms with Crippen molar-refractivity contribution in [3.05, 3.63) is 58.7 Å². The molecule has 1 rings (SSSR count). The Bertz CT molecular complexity index is 692. The maximum absolute atomic E-state index is 11.9. The zero-order chi connectivity index (χ0) is 21.9. The van der Waals surface area contributed by atoms with Gasteiger partial charge in [-0.15, -0.1) is 0 Å². The Morgan fingerprint density at radius 3 is 2.40 bits per heavy atom. The maximum atomic E-state index is 11.9. The smallest absolute Gasteiger partial charge is 0.331 e. The number of halogens is 1. The van der Waals surface area contributed by atoms with E-state index in [1.54, 1.807) is 6.08 Å². The average molecular weight is 480 g/mol. The molecule has 0 aliphatic heterocycles. The minimum atomic E-state index is -0.276. The van der Waals surface area contributed by atoms with Crippen molar-refractivity contribution >= 4 is 5.97 Å². The second-order valence-electron chi connectivity index (χ2n) is 8.62. The third-order valence-corrected chi connectivity index (χ3v) is 5.67. The van der Waals surface area contributed by atoms with E-state index in [1.165, 1.54) is 36.0 Å². The molecule has 0 unspecified atom stereocenters. The van der Waals surface area contributed by atoms with Crippen LogP contribution in [-0.2, 0) is 9.53 Å². The molecule has 0 aromatic carbocycles. The monoisotopic (exact) mass is 478 g/mol. The number of nitrogens with zero attached hydrogens (tertiary/aromatic N) is 1. The Kier molecular flexibility index (Phi) is 13.9. The fourth-order valence-electron chi connectivity index (χ4n) is 3.72. The molecular formula is C26H41BrNO2-. The second kappa shape index (κ2) is 14.6. The predicted octanol–water partition coefficient (Wildman–Crippen LogP) is 3.41. The molecule has 0 bridgehead atoms. The normalized spacial score (nSPS) is 17.7. The van der Waals surface area contributed by atoms with Crippen LogP contribution in [0.25, 0.3) is 0 Å². The first-order valence-electron chi connectivity index (χ1n) is 11.0. The van der Waals surface area contributed by atoms with Gasteiger partial charge in [-0.3, -0.25) is 0 Å². The van der Waals surface area contributed by atoms with Crippen LogP contribution in [-0.4, -0.2) is 37.1 Å². The summed E-state index contributed by atoms with van der Waals surface area (Å²) in [4.78, 5) is 14.1. The van der Waals surface area contributed by atoms with E-state index >= 15 is 0 Å². The molecule has 0 aromatic heterocycles. The minimum absolute atomic E-state index is 0. The molecule has 170 valence electrons. The number of hydrogen-bond acceptors (Lipinski definition) is 3. The molecule has 1 aliphatic rings. The van der Waals surface area contributed by atoms with E-state index in [9.17, 15) is 4.79 Å². The van der Waals surface area contributed by atoms with Gasteiger partial charge in [0.2, 0.25) is 0 Å². The molecule has 1 aliphatic carbocycles. The van der Waals surface area contributed by atoms with E-state index in [1.807, 2.05) is 19.1 Å². The molecular weight excluding hydrogens is 438 g/mol. The number of carbonyl (C=O) groups excluding carboxylic acids is 1. The third kappa shape index (κ3) is 10.6. The number of ether oxygens (including phenoxy) is 1. The van der Waals surface area contributed by atoms with Crippen LogP contribution in [0.1, 0.15) is 67.7 Å². The molecule has 0 heterocycles. The van der Waals surface area contributed by atoms with Crippen LogP contribution in [0, 0.1) is 5.41 Å². The predicted molar refractivity (Wildman–Crippen MR) is 125 cm³/mol. The lowest BCUT2D eigenvalue weighted by atomic mass is 9.72. The van der Waals surface area contributed by atoms with E-state index in [-0.39, 0.29) is 28.4 Å². The second-order valence-corrected chi connectivity index (χ2v) is 8.62. The van der Waals surface area contributed by atoms with Gasteiger partial charge in [-0.05, 0) is 69.7 Å². The van der Waals surface area contributed by atoms with Crippen molar-refractivity contribution in [1.82, 2.24) is 4.90 Å². The summed E-state index contributed by atoms with van der Waals surface area (Å²) in [5, 5.41) is 0. The van der Waals surface area contributed by atoms with Crippen LogP contribution in [0.5, 0.6) is 0 Å². The van der Waals surface area contributed by atoms with Crippen molar-refractivity contribution in [3.8, 4) is 0 Å². The molecule has 4 heteroatoms. The van der Waals surface area contributed by atoms with Gasteiger partial charge >= 0.3 is 5.97 Å². The molecule has 0 atom stereocenters. The number of allylic oxidation sites excluding steroid dienone is 9. The molecule has 30 heavy (non-hydrogen) atoms. The van der Waals surface area contributed by atoms with Crippen molar-refractivity contribution in [1.29, 1.82) is 0 Å². The quantitative estimate of drug-likeness (QED) is 0.273. The zero-order valence-corrected chi connectivity index (χ0v) is 21.6. The standard InChI is InChI=1S/C26H41NO2.BrH/c1-8-27(9-2)18-19-29-25(28)20-22(4)13-10-12-21(3)15-16-24-23(5)14-11-17-26(24,6)7;/h10,12-13,15-16,20H,8-9,11,14,17-19H2,1-7H3;1H/p-1/b13-10+,16-15+,21-12-,22-20-;. The van der Waals surface area contributed by atoms with E-state index in [0.29, 0.717) is 6.61 Å². The Morgan fingerprint density at radius 1 is 1.13 bits per heavy atom. The van der Waals surface area contributed by atoms with E-state index in [2.05, 4.69) is 64.7 Å². The van der Waals surface area contributed by atoms with Gasteiger partial charge in [-0.25, -0.2) is 4.79 Å². The van der Waals surface area contributed by atoms with E-state index in [0.717, 1.165) is 25.2 Å². The number of hydrogen-bond donors (Lipinski definition) is 0. The summed E-state index contributed by atoms with van der Waals surface area (Å²) < 4.78 is 5.29. The van der Waals surface area contributed by atoms with Gasteiger partial charge in [0.15, 0.2) is 0 Å². The third-order valence-electron chi connectivity index (χ3n) is 5.67. The van der Waals surface area contributed by atoms with Gasteiger partial charge in [-0.1, -0.05) is 69.2 Å². The number of likely N-dealkylation sites (N-methyl/N-ethyl adjacent to an activating group) is 1. The molecule has 0 saturated carbocycles. The SMILES string of the molecule is CCN(CC)CCOC(=O)\C=C(C)/C=C/C=C(C)\C=C\C1=C(C)CCCC1(C)C.[Br-]. The highest BCUT2D eigenvalue weighted by molar-refractivity contribution is 5.83. The molecule has 0 N–H and O–H groups in total. The molecule has 0 aromatic rings. The molecule has 0 saturated heterocycles. The lowest BCUT2D eigenvalue weighted by Gasteiger charge is -2.32. The van der Waals surface area contributed by atoms with Gasteiger partial charge in [0.1, 0.15) is 6.61 Å². The largest absolute Gasteiger partial charge is 1.00 e. The van der Waals surface area contributed by atoms with Crippen molar-refractivity contribution in [2.45, 2.75) is 67.7 Å². The van der Waals surface area contributed by atoms with E-state index < -0.39 is 0 Å². The molecule has 0 radical (unpaired) electrons. The summed E-state index contributed by atoms with van der Waals surface area (Å²) in [6.07, 6.45) is 15.8. The summed E-state index contributed by atoms with van der Waals surface area (Å²) in [7, 11) is 0. The van der Waals surface area contributed by atoms with Crippen molar-refractivity contribution in [2.24, 2.45) is 5.41 Å². The average Bonchev–Trinajstić information content (AvgIpc) is 2.64. The molecule has 0 amide bonds. The van der Waals surface area contributed by atoms with Crippen molar-refractivity contribution in [2.75, 3.05) is 26.2 Å². The van der Waals surface area contributed by atoms with Crippen LogP contribution in [0.4, 0.5) is 0 Å².